The number of para-hydroxylation sites is 1. The Labute approximate surface area is 165 Å². The molecule has 2 atom stereocenters. The topological polar surface area (TPSA) is 84.9 Å². The lowest BCUT2D eigenvalue weighted by Gasteiger charge is -2.34. The molecule has 1 aliphatic rings. The number of aryl methyl sites for hydroxylation is 1. The van der Waals surface area contributed by atoms with Crippen molar-refractivity contribution in [1.82, 2.24) is 5.32 Å². The van der Waals surface area contributed by atoms with Crippen LogP contribution in [0.3, 0.4) is 0 Å². The SMILES string of the molecule is COc1ccccc1[C@@H](C)NC(=O)[C@@H]1CN(S(C)(=O)=O)c2cc(C)ccc2O1. The van der Waals surface area contributed by atoms with Gasteiger partial charge in [-0.25, -0.2) is 8.42 Å². The number of rotatable bonds is 5. The van der Waals surface area contributed by atoms with E-state index in [2.05, 4.69) is 5.32 Å². The van der Waals surface area contributed by atoms with Gasteiger partial charge in [0.1, 0.15) is 11.5 Å². The first-order chi connectivity index (χ1) is 13.2. The van der Waals surface area contributed by atoms with E-state index in [-0.39, 0.29) is 12.6 Å². The molecule has 150 valence electrons. The number of nitrogens with one attached hydrogen (secondary N) is 1. The number of fused-ring (bicyclic) bond motifs is 1. The van der Waals surface area contributed by atoms with Crippen LogP contribution in [-0.4, -0.2) is 40.3 Å². The van der Waals surface area contributed by atoms with Crippen LogP contribution in [0.15, 0.2) is 42.5 Å². The molecular formula is C20H24N2O5S. The molecule has 1 amide bonds. The molecular weight excluding hydrogens is 380 g/mol. The molecule has 2 aromatic carbocycles. The lowest BCUT2D eigenvalue weighted by molar-refractivity contribution is -0.128. The zero-order chi connectivity index (χ0) is 20.5. The molecule has 0 fully saturated rings. The Morgan fingerprint density at radius 3 is 2.68 bits per heavy atom. The van der Waals surface area contributed by atoms with Crippen LogP contribution in [0.25, 0.3) is 0 Å². The summed E-state index contributed by atoms with van der Waals surface area (Å²) in [6.45, 7) is 3.62. The summed E-state index contributed by atoms with van der Waals surface area (Å²) in [4.78, 5) is 12.8. The Bertz CT molecular complexity index is 990. The van der Waals surface area contributed by atoms with Crippen molar-refractivity contribution < 1.29 is 22.7 Å². The van der Waals surface area contributed by atoms with Gasteiger partial charge in [-0.05, 0) is 37.6 Å². The number of benzene rings is 2. The zero-order valence-electron chi connectivity index (χ0n) is 16.3. The minimum atomic E-state index is -3.56. The van der Waals surface area contributed by atoms with E-state index in [4.69, 9.17) is 9.47 Å². The van der Waals surface area contributed by atoms with Gasteiger partial charge in [0.25, 0.3) is 5.91 Å². The second kappa shape index (κ2) is 7.71. The predicted octanol–water partition coefficient (Wildman–Crippen LogP) is 2.41. The van der Waals surface area contributed by atoms with Gasteiger partial charge in [0.2, 0.25) is 10.0 Å². The fraction of sp³-hybridized carbons (Fsp3) is 0.350. The van der Waals surface area contributed by atoms with Crippen molar-refractivity contribution in [3.63, 3.8) is 0 Å². The van der Waals surface area contributed by atoms with E-state index < -0.39 is 22.0 Å². The fourth-order valence-corrected chi connectivity index (χ4v) is 4.13. The summed E-state index contributed by atoms with van der Waals surface area (Å²) in [5.41, 5.74) is 2.18. The Hall–Kier alpha value is -2.74. The van der Waals surface area contributed by atoms with Crippen molar-refractivity contribution in [2.75, 3.05) is 24.2 Å². The molecule has 0 aromatic heterocycles. The van der Waals surface area contributed by atoms with Crippen LogP contribution < -0.4 is 19.1 Å². The smallest absolute Gasteiger partial charge is 0.263 e. The number of ether oxygens (including phenoxy) is 2. The lowest BCUT2D eigenvalue weighted by Crippen LogP contribution is -2.50. The van der Waals surface area contributed by atoms with Gasteiger partial charge in [-0.2, -0.15) is 0 Å². The standard InChI is InChI=1S/C20H24N2O5S/c1-13-9-10-18-16(11-13)22(28(4,24)25)12-19(27-18)20(23)21-14(2)15-7-5-6-8-17(15)26-3/h5-11,14,19H,12H2,1-4H3,(H,21,23)/t14-,19+/m1/s1. The largest absolute Gasteiger partial charge is 0.496 e. The van der Waals surface area contributed by atoms with Gasteiger partial charge in [-0.3, -0.25) is 9.10 Å². The van der Waals surface area contributed by atoms with Crippen LogP contribution in [0, 0.1) is 6.92 Å². The van der Waals surface area contributed by atoms with Gasteiger partial charge < -0.3 is 14.8 Å². The van der Waals surface area contributed by atoms with Crippen molar-refractivity contribution in [1.29, 1.82) is 0 Å². The van der Waals surface area contributed by atoms with Crippen molar-refractivity contribution in [2.45, 2.75) is 26.0 Å². The Balaban J connectivity index is 1.84. The highest BCUT2D eigenvalue weighted by atomic mass is 32.2. The second-order valence-corrected chi connectivity index (χ2v) is 8.75. The van der Waals surface area contributed by atoms with Gasteiger partial charge in [0.05, 0.1) is 31.6 Å². The number of methoxy groups -OCH3 is 1. The zero-order valence-corrected chi connectivity index (χ0v) is 17.1. The third kappa shape index (κ3) is 4.06. The van der Waals surface area contributed by atoms with Crippen LogP contribution in [0.1, 0.15) is 24.1 Å². The Morgan fingerprint density at radius 1 is 1.29 bits per heavy atom. The van der Waals surface area contributed by atoms with Gasteiger partial charge in [0.15, 0.2) is 6.10 Å². The molecule has 0 bridgehead atoms. The van der Waals surface area contributed by atoms with E-state index in [1.54, 1.807) is 19.2 Å². The first-order valence-electron chi connectivity index (χ1n) is 8.89. The number of hydrogen-bond acceptors (Lipinski definition) is 5. The highest BCUT2D eigenvalue weighted by Crippen LogP contribution is 2.36. The molecule has 1 heterocycles. The van der Waals surface area contributed by atoms with Gasteiger partial charge in [-0.1, -0.05) is 24.3 Å². The number of carbonyl (C=O) groups excluding carboxylic acids is 1. The van der Waals surface area contributed by atoms with Crippen molar-refractivity contribution in [3.05, 3.63) is 53.6 Å². The van der Waals surface area contributed by atoms with Gasteiger partial charge in [0, 0.05) is 5.56 Å². The summed E-state index contributed by atoms with van der Waals surface area (Å²) >= 11 is 0. The third-order valence-corrected chi connectivity index (χ3v) is 5.79. The number of nitrogens with zero attached hydrogens (tertiary/aromatic N) is 1. The lowest BCUT2D eigenvalue weighted by atomic mass is 10.1. The van der Waals surface area contributed by atoms with E-state index in [0.29, 0.717) is 17.2 Å². The normalized spacial score (nSPS) is 17.3. The van der Waals surface area contributed by atoms with Crippen LogP contribution >= 0.6 is 0 Å². The maximum Gasteiger partial charge on any atom is 0.263 e. The number of hydrogen-bond donors (Lipinski definition) is 1. The number of amides is 1. The first kappa shape index (κ1) is 20.0. The third-order valence-electron chi connectivity index (χ3n) is 4.64. The minimum Gasteiger partial charge on any atom is -0.496 e. The summed E-state index contributed by atoms with van der Waals surface area (Å²) in [7, 11) is -1.99. The van der Waals surface area contributed by atoms with Crippen molar-refractivity contribution in [3.8, 4) is 11.5 Å². The molecule has 7 nitrogen and oxygen atoms in total. The van der Waals surface area contributed by atoms with Crippen LogP contribution in [0.2, 0.25) is 0 Å². The van der Waals surface area contributed by atoms with Crippen molar-refractivity contribution >= 4 is 21.6 Å². The molecule has 0 spiro atoms. The summed E-state index contributed by atoms with van der Waals surface area (Å²) in [5.74, 6) is 0.643. The Morgan fingerprint density at radius 2 is 2.00 bits per heavy atom. The molecule has 1 aliphatic heterocycles. The molecule has 0 radical (unpaired) electrons. The molecule has 28 heavy (non-hydrogen) atoms. The molecule has 8 heteroatoms. The van der Waals surface area contributed by atoms with Gasteiger partial charge >= 0.3 is 0 Å². The molecule has 0 unspecified atom stereocenters. The summed E-state index contributed by atoms with van der Waals surface area (Å²) < 4.78 is 36.9. The summed E-state index contributed by atoms with van der Waals surface area (Å²) in [6, 6.07) is 12.3. The average molecular weight is 404 g/mol. The molecule has 0 saturated heterocycles. The highest BCUT2D eigenvalue weighted by Gasteiger charge is 2.35. The first-order valence-corrected chi connectivity index (χ1v) is 10.7. The van der Waals surface area contributed by atoms with Crippen LogP contribution in [-0.2, 0) is 14.8 Å². The quantitative estimate of drug-likeness (QED) is 0.827. The average Bonchev–Trinajstić information content (AvgIpc) is 2.66. The van der Waals surface area contributed by atoms with Crippen LogP contribution in [0.5, 0.6) is 11.5 Å². The van der Waals surface area contributed by atoms with E-state index in [0.717, 1.165) is 17.4 Å². The summed E-state index contributed by atoms with van der Waals surface area (Å²) in [6.07, 6.45) is 0.165. The molecule has 0 saturated carbocycles. The van der Waals surface area contributed by atoms with E-state index >= 15 is 0 Å². The second-order valence-electron chi connectivity index (χ2n) is 6.84. The van der Waals surface area contributed by atoms with Gasteiger partial charge in [-0.15, -0.1) is 0 Å². The van der Waals surface area contributed by atoms with Crippen molar-refractivity contribution in [2.24, 2.45) is 0 Å². The number of anilines is 1. The predicted molar refractivity (Wildman–Crippen MR) is 107 cm³/mol. The molecule has 0 aliphatic carbocycles. The molecule has 2 aromatic rings. The monoisotopic (exact) mass is 404 g/mol. The van der Waals surface area contributed by atoms with E-state index in [9.17, 15) is 13.2 Å². The fourth-order valence-electron chi connectivity index (χ4n) is 3.22. The van der Waals surface area contributed by atoms with Crippen LogP contribution in [0.4, 0.5) is 5.69 Å². The van der Waals surface area contributed by atoms with E-state index in [1.807, 2.05) is 44.2 Å². The maximum atomic E-state index is 12.8. The molecule has 3 rings (SSSR count). The number of carbonyl (C=O) groups is 1. The highest BCUT2D eigenvalue weighted by molar-refractivity contribution is 7.92. The summed E-state index contributed by atoms with van der Waals surface area (Å²) in [5, 5.41) is 2.89. The minimum absolute atomic E-state index is 0.0836. The number of sulfonamides is 1. The molecule has 1 N–H and O–H groups in total. The Kier molecular flexibility index (Phi) is 5.51. The maximum absolute atomic E-state index is 12.8. The van der Waals surface area contributed by atoms with E-state index in [1.165, 1.54) is 4.31 Å².